The molecule has 0 bridgehead atoms. The monoisotopic (exact) mass is 483 g/mol. The zero-order chi connectivity index (χ0) is 25.7. The van der Waals surface area contributed by atoms with Crippen LogP contribution in [0.25, 0.3) is 0 Å². The van der Waals surface area contributed by atoms with Crippen molar-refractivity contribution in [1.82, 2.24) is 14.8 Å². The zero-order valence-electron chi connectivity index (χ0n) is 19.5. The highest BCUT2D eigenvalue weighted by Crippen LogP contribution is 2.23. The van der Waals surface area contributed by atoms with E-state index in [1.807, 2.05) is 6.92 Å². The van der Waals surface area contributed by atoms with E-state index in [0.717, 1.165) is 11.8 Å². The van der Waals surface area contributed by atoms with Crippen molar-refractivity contribution in [2.24, 2.45) is 5.73 Å². The molecule has 0 aliphatic heterocycles. The normalized spacial score (nSPS) is 10.8. The Morgan fingerprint density at radius 2 is 1.86 bits per heavy atom. The number of rotatable bonds is 9. The molecule has 0 atom stereocenters. The van der Waals surface area contributed by atoms with E-state index in [4.69, 9.17) is 16.2 Å². The van der Waals surface area contributed by atoms with Crippen molar-refractivity contribution in [3.05, 3.63) is 59.3 Å². The summed E-state index contributed by atoms with van der Waals surface area (Å²) in [4.78, 5) is 40.6. The van der Waals surface area contributed by atoms with E-state index in [1.54, 1.807) is 38.1 Å². The van der Waals surface area contributed by atoms with Crippen molar-refractivity contribution in [1.29, 1.82) is 0 Å². The number of hydrogen-bond donors (Lipinski definition) is 4. The van der Waals surface area contributed by atoms with Crippen molar-refractivity contribution in [3.8, 4) is 5.75 Å². The van der Waals surface area contributed by atoms with Crippen LogP contribution in [0.5, 0.6) is 5.75 Å². The number of primary amides is 1. The molecule has 0 fully saturated rings. The molecule has 0 aliphatic rings. The van der Waals surface area contributed by atoms with Crippen LogP contribution < -0.4 is 26.8 Å². The van der Waals surface area contributed by atoms with Crippen LogP contribution in [-0.2, 0) is 11.2 Å². The number of hydrogen-bond acceptors (Lipinski definition) is 7. The number of carbonyl (C=O) groups is 3. The molecule has 6 N–H and O–H groups in total. The summed E-state index contributed by atoms with van der Waals surface area (Å²) in [7, 11) is 0. The molecule has 3 rings (SSSR count). The van der Waals surface area contributed by atoms with Gasteiger partial charge in [-0.3, -0.25) is 14.4 Å². The molecule has 12 heteroatoms. The fourth-order valence-corrected chi connectivity index (χ4v) is 3.29. The Kier molecular flexibility index (Phi) is 7.64. The minimum atomic E-state index is -1.00. The molecule has 2 aromatic heterocycles. The van der Waals surface area contributed by atoms with Crippen LogP contribution in [0.2, 0.25) is 0 Å². The SMILES string of the molecule is CCOc1ccc(CC(=O)Nc2cnc(F)c(NC(=O)c3nn(C(C)C)c(N)c3C(N)=O)c2)cc1. The van der Waals surface area contributed by atoms with Gasteiger partial charge in [0.15, 0.2) is 5.69 Å². The topological polar surface area (TPSA) is 167 Å². The highest BCUT2D eigenvalue weighted by atomic mass is 19.1. The van der Waals surface area contributed by atoms with Crippen molar-refractivity contribution >= 4 is 34.9 Å². The van der Waals surface area contributed by atoms with Crippen molar-refractivity contribution < 1.29 is 23.5 Å². The molecule has 0 saturated carbocycles. The second-order valence-electron chi connectivity index (χ2n) is 7.83. The lowest BCUT2D eigenvalue weighted by Crippen LogP contribution is -2.21. The smallest absolute Gasteiger partial charge is 0.277 e. The maximum absolute atomic E-state index is 14.3. The fourth-order valence-electron chi connectivity index (χ4n) is 3.29. The average Bonchev–Trinajstić information content (AvgIpc) is 3.15. The third-order valence-electron chi connectivity index (χ3n) is 4.87. The van der Waals surface area contributed by atoms with E-state index in [2.05, 4.69) is 20.7 Å². The van der Waals surface area contributed by atoms with E-state index in [-0.39, 0.29) is 46.8 Å². The molecular formula is C23H26FN7O4. The number of aromatic nitrogens is 3. The van der Waals surface area contributed by atoms with Crippen molar-refractivity contribution in [2.45, 2.75) is 33.2 Å². The molecule has 0 saturated heterocycles. The largest absolute Gasteiger partial charge is 0.494 e. The summed E-state index contributed by atoms with van der Waals surface area (Å²) in [6.45, 7) is 5.91. The lowest BCUT2D eigenvalue weighted by Gasteiger charge is -2.09. The van der Waals surface area contributed by atoms with Crippen LogP contribution in [0.1, 0.15) is 53.2 Å². The van der Waals surface area contributed by atoms with E-state index in [9.17, 15) is 18.8 Å². The Labute approximate surface area is 200 Å². The van der Waals surface area contributed by atoms with Gasteiger partial charge in [0.05, 0.1) is 30.6 Å². The molecule has 184 valence electrons. The number of halogens is 1. The van der Waals surface area contributed by atoms with Crippen LogP contribution in [0.15, 0.2) is 36.5 Å². The molecule has 0 aliphatic carbocycles. The van der Waals surface area contributed by atoms with Gasteiger partial charge in [0.25, 0.3) is 11.8 Å². The first kappa shape index (κ1) is 25.1. The summed E-state index contributed by atoms with van der Waals surface area (Å²) in [6.07, 6.45) is 1.17. The van der Waals surface area contributed by atoms with Crippen LogP contribution in [0.4, 0.5) is 21.6 Å². The highest BCUT2D eigenvalue weighted by molar-refractivity contribution is 6.12. The second-order valence-corrected chi connectivity index (χ2v) is 7.83. The van der Waals surface area contributed by atoms with Crippen molar-refractivity contribution in [3.63, 3.8) is 0 Å². The average molecular weight is 484 g/mol. The molecule has 0 spiro atoms. The fraction of sp³-hybridized carbons (Fsp3) is 0.261. The number of nitrogens with one attached hydrogen (secondary N) is 2. The third kappa shape index (κ3) is 5.91. The molecule has 3 amide bonds. The summed E-state index contributed by atoms with van der Waals surface area (Å²) in [6, 6.07) is 7.97. The maximum Gasteiger partial charge on any atom is 0.277 e. The quantitative estimate of drug-likeness (QED) is 0.339. The summed E-state index contributed by atoms with van der Waals surface area (Å²) < 4.78 is 20.9. The van der Waals surface area contributed by atoms with E-state index >= 15 is 0 Å². The minimum Gasteiger partial charge on any atom is -0.494 e. The van der Waals surface area contributed by atoms with Gasteiger partial charge in [0, 0.05) is 6.04 Å². The number of ether oxygens (including phenoxy) is 1. The Morgan fingerprint density at radius 3 is 2.46 bits per heavy atom. The van der Waals surface area contributed by atoms with Gasteiger partial charge in [-0.05, 0) is 44.5 Å². The van der Waals surface area contributed by atoms with Gasteiger partial charge in [-0.15, -0.1) is 0 Å². The van der Waals surface area contributed by atoms with Gasteiger partial charge in [-0.1, -0.05) is 12.1 Å². The molecular weight excluding hydrogens is 457 g/mol. The number of amides is 3. The number of anilines is 3. The van der Waals surface area contributed by atoms with Gasteiger partial charge in [0.1, 0.15) is 17.1 Å². The standard InChI is InChI=1S/C23H26FN7O4/c1-4-35-15-7-5-13(6-8-15)9-17(32)28-14-10-16(20(24)27-11-14)29-23(34)19-18(22(26)33)21(25)31(30-19)12(2)3/h5-8,10-12H,4,9,25H2,1-3H3,(H2,26,33)(H,28,32)(H,29,34). The Bertz CT molecular complexity index is 1260. The molecule has 1 aromatic carbocycles. The van der Waals surface area contributed by atoms with Crippen LogP contribution in [0, 0.1) is 5.95 Å². The first-order valence-electron chi connectivity index (χ1n) is 10.8. The number of nitrogens with zero attached hydrogens (tertiary/aromatic N) is 3. The zero-order valence-corrected chi connectivity index (χ0v) is 19.5. The minimum absolute atomic E-state index is 0.0549. The summed E-state index contributed by atoms with van der Waals surface area (Å²) in [5.74, 6) is -2.62. The van der Waals surface area contributed by atoms with Gasteiger partial charge in [0.2, 0.25) is 11.9 Å². The first-order chi connectivity index (χ1) is 16.6. The lowest BCUT2D eigenvalue weighted by atomic mass is 10.1. The summed E-state index contributed by atoms with van der Waals surface area (Å²) >= 11 is 0. The molecule has 11 nitrogen and oxygen atoms in total. The number of nitrogen functional groups attached to an aromatic ring is 1. The maximum atomic E-state index is 14.3. The highest BCUT2D eigenvalue weighted by Gasteiger charge is 2.27. The first-order valence-corrected chi connectivity index (χ1v) is 10.8. The molecule has 2 heterocycles. The number of carbonyl (C=O) groups excluding carboxylic acids is 3. The summed E-state index contributed by atoms with van der Waals surface area (Å²) in [5.41, 5.74) is 11.2. The predicted molar refractivity (Wildman–Crippen MR) is 128 cm³/mol. The van der Waals surface area contributed by atoms with E-state index in [0.29, 0.717) is 12.4 Å². The predicted octanol–water partition coefficient (Wildman–Crippen LogP) is 2.51. The molecule has 0 unspecified atom stereocenters. The molecule has 3 aromatic rings. The lowest BCUT2D eigenvalue weighted by molar-refractivity contribution is -0.115. The van der Waals surface area contributed by atoms with Gasteiger partial charge in [-0.2, -0.15) is 9.49 Å². The molecule has 35 heavy (non-hydrogen) atoms. The Hall–Kier alpha value is -4.48. The number of pyridine rings is 1. The van der Waals surface area contributed by atoms with Crippen molar-refractivity contribution in [2.75, 3.05) is 23.0 Å². The van der Waals surface area contributed by atoms with Crippen LogP contribution >= 0.6 is 0 Å². The van der Waals surface area contributed by atoms with Gasteiger partial charge >= 0.3 is 0 Å². The van der Waals surface area contributed by atoms with Crippen LogP contribution in [0.3, 0.4) is 0 Å². The number of nitrogens with two attached hydrogens (primary N) is 2. The second kappa shape index (κ2) is 10.6. The number of benzene rings is 1. The van der Waals surface area contributed by atoms with Gasteiger partial charge < -0.3 is 26.8 Å². The van der Waals surface area contributed by atoms with Crippen LogP contribution in [-0.4, -0.2) is 39.1 Å². The Morgan fingerprint density at radius 1 is 1.17 bits per heavy atom. The van der Waals surface area contributed by atoms with E-state index < -0.39 is 17.8 Å². The van der Waals surface area contributed by atoms with E-state index in [1.165, 1.54) is 10.7 Å². The van der Waals surface area contributed by atoms with Gasteiger partial charge in [-0.25, -0.2) is 9.67 Å². The third-order valence-corrected chi connectivity index (χ3v) is 4.87. The summed E-state index contributed by atoms with van der Waals surface area (Å²) in [5, 5.41) is 8.95. The molecule has 0 radical (unpaired) electrons. The Balaban J connectivity index is 1.75.